The molecule has 1 amide bonds. The van der Waals surface area contributed by atoms with Crippen LogP contribution in [0.15, 0.2) is 60.5 Å². The van der Waals surface area contributed by atoms with Crippen molar-refractivity contribution in [2.75, 3.05) is 20.8 Å². The predicted molar refractivity (Wildman–Crippen MR) is 107 cm³/mol. The summed E-state index contributed by atoms with van der Waals surface area (Å²) in [6.45, 7) is 6.38. The number of allylic oxidation sites excluding steroid dienone is 7. The molecule has 0 aliphatic carbocycles. The first-order valence-corrected chi connectivity index (χ1v) is 8.97. The van der Waals surface area contributed by atoms with Gasteiger partial charge in [0.05, 0.1) is 18.4 Å². The maximum atomic E-state index is 11.9. The molecule has 0 aromatic heterocycles. The van der Waals surface area contributed by atoms with Crippen molar-refractivity contribution in [2.45, 2.75) is 33.2 Å². The van der Waals surface area contributed by atoms with Crippen LogP contribution >= 0.6 is 0 Å². The molecule has 0 fully saturated rings. The Morgan fingerprint density at radius 3 is 2.31 bits per heavy atom. The van der Waals surface area contributed by atoms with Crippen molar-refractivity contribution in [1.82, 2.24) is 15.1 Å². The molecule has 142 valence electrons. The fourth-order valence-electron chi connectivity index (χ4n) is 2.59. The van der Waals surface area contributed by atoms with Crippen molar-refractivity contribution in [1.29, 1.82) is 0 Å². The Bertz CT molecular complexity index is 629. The highest BCUT2D eigenvalue weighted by molar-refractivity contribution is 5.93. The molecule has 1 aliphatic heterocycles. The number of hydrogen-bond acceptors (Lipinski definition) is 4. The first-order chi connectivity index (χ1) is 12.3. The zero-order valence-corrected chi connectivity index (χ0v) is 16.5. The molecule has 2 atom stereocenters. The Hall–Kier alpha value is -2.56. The van der Waals surface area contributed by atoms with Gasteiger partial charge in [-0.2, -0.15) is 0 Å². The zero-order chi connectivity index (χ0) is 19.5. The summed E-state index contributed by atoms with van der Waals surface area (Å²) in [7, 11) is 4.09. The highest BCUT2D eigenvalue weighted by Gasteiger charge is 2.21. The maximum absolute atomic E-state index is 11.9. The Balaban J connectivity index is 2.41. The van der Waals surface area contributed by atoms with Crippen LogP contribution in [0.1, 0.15) is 27.2 Å². The minimum Gasteiger partial charge on any atom is -0.361 e. The highest BCUT2D eigenvalue weighted by Crippen LogP contribution is 2.12. The van der Waals surface area contributed by atoms with Gasteiger partial charge in [0.25, 0.3) is 0 Å². The Morgan fingerprint density at radius 2 is 1.77 bits per heavy atom. The molecule has 0 saturated heterocycles. The van der Waals surface area contributed by atoms with E-state index in [1.807, 2.05) is 51.3 Å². The van der Waals surface area contributed by atoms with Crippen LogP contribution in [0, 0.1) is 5.92 Å². The number of nitrogens with one attached hydrogen (secondary N) is 1. The van der Waals surface area contributed by atoms with Crippen LogP contribution in [0.2, 0.25) is 0 Å². The van der Waals surface area contributed by atoms with Crippen molar-refractivity contribution < 1.29 is 9.59 Å². The molecule has 0 spiro atoms. The summed E-state index contributed by atoms with van der Waals surface area (Å²) >= 11 is 0. The van der Waals surface area contributed by atoms with Crippen LogP contribution in [0.4, 0.5) is 0 Å². The molecule has 0 aromatic carbocycles. The van der Waals surface area contributed by atoms with Crippen LogP contribution in [0.5, 0.6) is 0 Å². The zero-order valence-electron chi connectivity index (χ0n) is 16.5. The summed E-state index contributed by atoms with van der Waals surface area (Å²) in [5.41, 5.74) is 1.17. The van der Waals surface area contributed by atoms with Gasteiger partial charge in [0.2, 0.25) is 5.91 Å². The van der Waals surface area contributed by atoms with Crippen LogP contribution in [0.25, 0.3) is 0 Å². The smallest absolute Gasteiger partial charge is 0.244 e. The minimum atomic E-state index is -0.423. The second kappa shape index (κ2) is 11.1. The summed E-state index contributed by atoms with van der Waals surface area (Å²) in [4.78, 5) is 27.8. The standard InChI is InChI=1S/C21H31N3O2/c1-6-17(2)21(18(3)25)22-20(26)14-12-10-8-7-9-11-13-19-15-23(4)16-24(19)5/h7-15,17,21H,6,16H2,1-5H3,(H,22,26)/b9-7+,10-8+,13-11+,14-12+/t17-,21+/m1/s1. The first kappa shape index (κ1) is 21.5. The summed E-state index contributed by atoms with van der Waals surface area (Å²) in [6.07, 6.45) is 17.5. The van der Waals surface area contributed by atoms with Gasteiger partial charge in [0.15, 0.2) is 5.78 Å². The summed E-state index contributed by atoms with van der Waals surface area (Å²) in [5.74, 6) is -0.135. The van der Waals surface area contributed by atoms with Gasteiger partial charge in [-0.1, -0.05) is 56.7 Å². The van der Waals surface area contributed by atoms with Crippen molar-refractivity contribution in [3.63, 3.8) is 0 Å². The van der Waals surface area contributed by atoms with Crippen LogP contribution in [-0.4, -0.2) is 48.3 Å². The van der Waals surface area contributed by atoms with E-state index in [0.29, 0.717) is 0 Å². The molecule has 0 bridgehead atoms. The van der Waals surface area contributed by atoms with Crippen molar-refractivity contribution in [3.8, 4) is 0 Å². The van der Waals surface area contributed by atoms with E-state index in [0.717, 1.165) is 13.1 Å². The number of nitrogens with zero attached hydrogens (tertiary/aromatic N) is 2. The summed E-state index contributed by atoms with van der Waals surface area (Å²) < 4.78 is 0. The topological polar surface area (TPSA) is 52.7 Å². The Kier molecular flexibility index (Phi) is 9.20. The third kappa shape index (κ3) is 7.55. The van der Waals surface area contributed by atoms with Gasteiger partial charge >= 0.3 is 0 Å². The fourth-order valence-corrected chi connectivity index (χ4v) is 2.59. The van der Waals surface area contributed by atoms with Gasteiger partial charge in [0.1, 0.15) is 0 Å². The molecule has 0 radical (unpaired) electrons. The molecule has 0 saturated carbocycles. The highest BCUT2D eigenvalue weighted by atomic mass is 16.2. The Labute approximate surface area is 157 Å². The second-order valence-electron chi connectivity index (χ2n) is 6.62. The van der Waals surface area contributed by atoms with Gasteiger partial charge in [-0.25, -0.2) is 0 Å². The number of likely N-dealkylation sites (N-methyl/N-ethyl adjacent to an activating group) is 1. The molecule has 1 N–H and O–H groups in total. The van der Waals surface area contributed by atoms with E-state index < -0.39 is 6.04 Å². The van der Waals surface area contributed by atoms with Crippen LogP contribution in [0.3, 0.4) is 0 Å². The quantitative estimate of drug-likeness (QED) is 0.509. The average Bonchev–Trinajstić information content (AvgIpc) is 2.91. The number of ketones is 1. The largest absolute Gasteiger partial charge is 0.361 e. The number of Topliss-reactive ketones (excluding diaryl/α,β-unsaturated/α-hetero) is 1. The molecule has 5 nitrogen and oxygen atoms in total. The molecule has 5 heteroatoms. The normalized spacial score (nSPS) is 17.7. The third-order valence-corrected chi connectivity index (χ3v) is 4.25. The van der Waals surface area contributed by atoms with E-state index in [9.17, 15) is 9.59 Å². The molecule has 0 aromatic rings. The van der Waals surface area contributed by atoms with E-state index in [4.69, 9.17) is 0 Å². The van der Waals surface area contributed by atoms with E-state index in [-0.39, 0.29) is 17.6 Å². The van der Waals surface area contributed by atoms with E-state index in [1.165, 1.54) is 18.7 Å². The predicted octanol–water partition coefficient (Wildman–Crippen LogP) is 3.01. The molecule has 0 unspecified atom stereocenters. The van der Waals surface area contributed by atoms with Gasteiger partial charge < -0.3 is 15.1 Å². The summed E-state index contributed by atoms with van der Waals surface area (Å²) in [6, 6.07) is -0.423. The second-order valence-corrected chi connectivity index (χ2v) is 6.62. The van der Waals surface area contributed by atoms with Crippen molar-refractivity contribution in [3.05, 3.63) is 60.5 Å². The molecular formula is C21H31N3O2. The van der Waals surface area contributed by atoms with E-state index in [2.05, 4.69) is 28.4 Å². The lowest BCUT2D eigenvalue weighted by atomic mass is 9.96. The van der Waals surface area contributed by atoms with Crippen molar-refractivity contribution in [2.24, 2.45) is 5.92 Å². The van der Waals surface area contributed by atoms with Crippen LogP contribution < -0.4 is 5.32 Å². The number of amides is 1. The van der Waals surface area contributed by atoms with E-state index >= 15 is 0 Å². The number of carbonyl (C=O) groups is 2. The van der Waals surface area contributed by atoms with E-state index in [1.54, 1.807) is 12.2 Å². The average molecular weight is 357 g/mol. The first-order valence-electron chi connectivity index (χ1n) is 8.97. The maximum Gasteiger partial charge on any atom is 0.244 e. The number of rotatable bonds is 9. The van der Waals surface area contributed by atoms with Gasteiger partial charge in [-0.15, -0.1) is 0 Å². The van der Waals surface area contributed by atoms with Crippen LogP contribution in [-0.2, 0) is 9.59 Å². The lowest BCUT2D eigenvalue weighted by Gasteiger charge is -2.20. The Morgan fingerprint density at radius 1 is 1.15 bits per heavy atom. The lowest BCUT2D eigenvalue weighted by molar-refractivity contribution is -0.125. The third-order valence-electron chi connectivity index (χ3n) is 4.25. The number of hydrogen-bond donors (Lipinski definition) is 1. The fraction of sp³-hybridized carbons (Fsp3) is 0.429. The molecule has 26 heavy (non-hydrogen) atoms. The lowest BCUT2D eigenvalue weighted by Crippen LogP contribution is -2.43. The van der Waals surface area contributed by atoms with Gasteiger partial charge in [-0.3, -0.25) is 9.59 Å². The van der Waals surface area contributed by atoms with Crippen molar-refractivity contribution >= 4 is 11.7 Å². The summed E-state index contributed by atoms with van der Waals surface area (Å²) in [5, 5.41) is 2.76. The molecule has 1 aliphatic rings. The SMILES string of the molecule is CC[C@@H](C)[C@H](NC(=O)/C=C/C=C/C=C/C=C/C1=CN(C)CN1C)C(C)=O. The minimum absolute atomic E-state index is 0.0134. The molecular weight excluding hydrogens is 326 g/mol. The monoisotopic (exact) mass is 357 g/mol. The molecule has 1 rings (SSSR count). The van der Waals surface area contributed by atoms with Gasteiger partial charge in [0, 0.05) is 26.4 Å². The number of carbonyl (C=O) groups excluding carboxylic acids is 2. The molecule has 1 heterocycles. The van der Waals surface area contributed by atoms with Gasteiger partial charge in [-0.05, 0) is 18.9 Å².